The molecule has 0 heterocycles. The number of hydrogen-bond acceptors (Lipinski definition) is 4. The van der Waals surface area contributed by atoms with Gasteiger partial charge in [-0.25, -0.2) is 0 Å². The van der Waals surface area contributed by atoms with Crippen LogP contribution in [0.2, 0.25) is 0 Å². The molecule has 104 valence electrons. The minimum Gasteiger partial charge on any atom is -0.464 e. The number of esters is 2. The highest BCUT2D eigenvalue weighted by Gasteiger charge is 2.10. The van der Waals surface area contributed by atoms with Crippen LogP contribution in [0, 0.1) is 13.8 Å². The highest BCUT2D eigenvalue weighted by Crippen LogP contribution is 2.17. The Bertz CT molecular complexity index is 457. The standard InChI is InChI=1S/C14H17ClO4/c1-10-3-4-12(9-11(10)2)19-14(17)6-5-13(16)18-8-7-15/h3-4,9H,5-8H2,1-2H3. The first-order valence-corrected chi connectivity index (χ1v) is 6.56. The largest absolute Gasteiger partial charge is 0.464 e. The van der Waals surface area contributed by atoms with Crippen LogP contribution in [0.25, 0.3) is 0 Å². The van der Waals surface area contributed by atoms with Gasteiger partial charge in [0, 0.05) is 0 Å². The molecule has 1 rings (SSSR count). The molecule has 0 atom stereocenters. The highest BCUT2D eigenvalue weighted by molar-refractivity contribution is 6.18. The van der Waals surface area contributed by atoms with Gasteiger partial charge in [0.25, 0.3) is 0 Å². The lowest BCUT2D eigenvalue weighted by Gasteiger charge is -2.06. The van der Waals surface area contributed by atoms with Gasteiger partial charge >= 0.3 is 11.9 Å². The Morgan fingerprint density at radius 3 is 2.42 bits per heavy atom. The van der Waals surface area contributed by atoms with E-state index >= 15 is 0 Å². The Morgan fingerprint density at radius 2 is 1.79 bits per heavy atom. The predicted molar refractivity (Wildman–Crippen MR) is 72.5 cm³/mol. The van der Waals surface area contributed by atoms with E-state index in [1.165, 1.54) is 0 Å². The van der Waals surface area contributed by atoms with Crippen molar-refractivity contribution in [2.75, 3.05) is 12.5 Å². The molecule has 0 saturated carbocycles. The molecular formula is C14H17ClO4. The van der Waals surface area contributed by atoms with Gasteiger partial charge in [0.05, 0.1) is 18.7 Å². The first-order valence-electron chi connectivity index (χ1n) is 6.02. The molecule has 0 amide bonds. The van der Waals surface area contributed by atoms with Gasteiger partial charge in [0.2, 0.25) is 0 Å². The van der Waals surface area contributed by atoms with E-state index in [1.54, 1.807) is 12.1 Å². The van der Waals surface area contributed by atoms with Crippen molar-refractivity contribution in [2.24, 2.45) is 0 Å². The summed E-state index contributed by atoms with van der Waals surface area (Å²) >= 11 is 5.37. The molecular weight excluding hydrogens is 268 g/mol. The van der Waals surface area contributed by atoms with Crippen molar-refractivity contribution in [1.82, 2.24) is 0 Å². The smallest absolute Gasteiger partial charge is 0.311 e. The number of benzene rings is 1. The van der Waals surface area contributed by atoms with Crippen LogP contribution < -0.4 is 4.74 Å². The van der Waals surface area contributed by atoms with E-state index in [0.29, 0.717) is 5.75 Å². The monoisotopic (exact) mass is 284 g/mol. The maximum Gasteiger partial charge on any atom is 0.311 e. The van der Waals surface area contributed by atoms with E-state index in [9.17, 15) is 9.59 Å². The minimum atomic E-state index is -0.453. The van der Waals surface area contributed by atoms with Crippen LogP contribution in [0.1, 0.15) is 24.0 Å². The van der Waals surface area contributed by atoms with Crippen LogP contribution in [0.15, 0.2) is 18.2 Å². The number of aryl methyl sites for hydroxylation is 2. The molecule has 0 aliphatic rings. The fraction of sp³-hybridized carbons (Fsp3) is 0.429. The van der Waals surface area contributed by atoms with Gasteiger partial charge in [-0.15, -0.1) is 11.6 Å². The van der Waals surface area contributed by atoms with Crippen molar-refractivity contribution < 1.29 is 19.1 Å². The molecule has 0 radical (unpaired) electrons. The summed E-state index contributed by atoms with van der Waals surface area (Å²) in [6.07, 6.45) is -0.00535. The third kappa shape index (κ3) is 5.75. The Balaban J connectivity index is 2.38. The number of ether oxygens (including phenoxy) is 2. The topological polar surface area (TPSA) is 52.6 Å². The summed E-state index contributed by atoms with van der Waals surface area (Å²) in [4.78, 5) is 22.7. The van der Waals surface area contributed by atoms with E-state index < -0.39 is 11.9 Å². The van der Waals surface area contributed by atoms with Crippen molar-refractivity contribution in [2.45, 2.75) is 26.7 Å². The molecule has 1 aromatic carbocycles. The van der Waals surface area contributed by atoms with Crippen LogP contribution in [0.3, 0.4) is 0 Å². The number of carbonyl (C=O) groups excluding carboxylic acids is 2. The molecule has 19 heavy (non-hydrogen) atoms. The summed E-state index contributed by atoms with van der Waals surface area (Å²) in [5, 5.41) is 0. The number of carbonyl (C=O) groups is 2. The Kier molecular flexibility index (Phi) is 6.36. The molecule has 0 unspecified atom stereocenters. The molecule has 4 nitrogen and oxygen atoms in total. The van der Waals surface area contributed by atoms with E-state index in [2.05, 4.69) is 0 Å². The summed E-state index contributed by atoms with van der Waals surface area (Å²) < 4.78 is 9.88. The molecule has 0 aromatic heterocycles. The Hall–Kier alpha value is -1.55. The van der Waals surface area contributed by atoms with E-state index in [0.717, 1.165) is 11.1 Å². The van der Waals surface area contributed by atoms with Crippen LogP contribution in [0.4, 0.5) is 0 Å². The average molecular weight is 285 g/mol. The van der Waals surface area contributed by atoms with E-state index in [4.69, 9.17) is 21.1 Å². The first-order chi connectivity index (χ1) is 9.02. The Labute approximate surface area is 117 Å². The second-order valence-electron chi connectivity index (χ2n) is 4.13. The summed E-state index contributed by atoms with van der Waals surface area (Å²) in [5.41, 5.74) is 2.18. The van der Waals surface area contributed by atoms with Crippen LogP contribution in [0.5, 0.6) is 5.75 Å². The first kappa shape index (κ1) is 15.5. The molecule has 0 N–H and O–H groups in total. The lowest BCUT2D eigenvalue weighted by Crippen LogP contribution is -2.13. The predicted octanol–water partition coefficient (Wildman–Crippen LogP) is 2.77. The normalized spacial score (nSPS) is 10.1. The minimum absolute atomic E-state index is 0.000561. The van der Waals surface area contributed by atoms with Gasteiger partial charge in [0.15, 0.2) is 0 Å². The van der Waals surface area contributed by atoms with Crippen molar-refractivity contribution in [3.8, 4) is 5.75 Å². The molecule has 0 bridgehead atoms. The SMILES string of the molecule is Cc1ccc(OC(=O)CCC(=O)OCCCl)cc1C. The third-order valence-electron chi connectivity index (χ3n) is 2.58. The Morgan fingerprint density at radius 1 is 1.11 bits per heavy atom. The second kappa shape index (κ2) is 7.79. The molecule has 0 aliphatic carbocycles. The fourth-order valence-corrected chi connectivity index (χ4v) is 1.47. The zero-order valence-electron chi connectivity index (χ0n) is 11.1. The van der Waals surface area contributed by atoms with Crippen LogP contribution in [-0.4, -0.2) is 24.4 Å². The lowest BCUT2D eigenvalue weighted by atomic mass is 10.1. The summed E-state index contributed by atoms with van der Waals surface area (Å²) in [7, 11) is 0. The summed E-state index contributed by atoms with van der Waals surface area (Å²) in [6, 6.07) is 5.40. The van der Waals surface area contributed by atoms with Gasteiger partial charge in [-0.1, -0.05) is 6.07 Å². The molecule has 0 aliphatic heterocycles. The maximum atomic E-state index is 11.5. The average Bonchev–Trinajstić information content (AvgIpc) is 2.38. The highest BCUT2D eigenvalue weighted by atomic mass is 35.5. The van der Waals surface area contributed by atoms with E-state index in [1.807, 2.05) is 19.9 Å². The molecule has 5 heteroatoms. The second-order valence-corrected chi connectivity index (χ2v) is 4.51. The van der Waals surface area contributed by atoms with Crippen LogP contribution >= 0.6 is 11.6 Å². The van der Waals surface area contributed by atoms with E-state index in [-0.39, 0.29) is 25.3 Å². The van der Waals surface area contributed by atoms with Crippen molar-refractivity contribution in [3.63, 3.8) is 0 Å². The summed E-state index contributed by atoms with van der Waals surface area (Å²) in [6.45, 7) is 4.08. The van der Waals surface area contributed by atoms with Gasteiger partial charge in [-0.2, -0.15) is 0 Å². The molecule has 1 aromatic rings. The number of alkyl halides is 1. The van der Waals surface area contributed by atoms with Crippen molar-refractivity contribution in [3.05, 3.63) is 29.3 Å². The third-order valence-corrected chi connectivity index (χ3v) is 2.74. The van der Waals surface area contributed by atoms with Crippen molar-refractivity contribution in [1.29, 1.82) is 0 Å². The van der Waals surface area contributed by atoms with Gasteiger partial charge in [0.1, 0.15) is 12.4 Å². The van der Waals surface area contributed by atoms with Gasteiger partial charge < -0.3 is 9.47 Å². The maximum absolute atomic E-state index is 11.5. The summed E-state index contributed by atoms with van der Waals surface area (Å²) in [5.74, 6) is -0.162. The quantitative estimate of drug-likeness (QED) is 0.458. The number of hydrogen-bond donors (Lipinski definition) is 0. The number of halogens is 1. The number of rotatable bonds is 6. The lowest BCUT2D eigenvalue weighted by molar-refractivity contribution is -0.146. The van der Waals surface area contributed by atoms with Crippen LogP contribution in [-0.2, 0) is 14.3 Å². The van der Waals surface area contributed by atoms with Gasteiger partial charge in [-0.3, -0.25) is 9.59 Å². The van der Waals surface area contributed by atoms with Crippen molar-refractivity contribution >= 4 is 23.5 Å². The molecule has 0 spiro atoms. The molecule has 0 saturated heterocycles. The zero-order valence-corrected chi connectivity index (χ0v) is 11.8. The zero-order chi connectivity index (χ0) is 14.3. The van der Waals surface area contributed by atoms with Gasteiger partial charge in [-0.05, 0) is 37.1 Å². The fourth-order valence-electron chi connectivity index (χ4n) is 1.39. The molecule has 0 fully saturated rings.